The van der Waals surface area contributed by atoms with Crippen molar-refractivity contribution in [2.75, 3.05) is 0 Å². The molecule has 0 saturated carbocycles. The maximum atomic E-state index is 10.6. The van der Waals surface area contributed by atoms with Crippen LogP contribution in [0.2, 0.25) is 0 Å². The summed E-state index contributed by atoms with van der Waals surface area (Å²) in [5.74, 6) is 0.726. The van der Waals surface area contributed by atoms with Crippen LogP contribution < -0.4 is 10.5 Å². The van der Waals surface area contributed by atoms with Crippen molar-refractivity contribution >= 4 is 5.69 Å². The van der Waals surface area contributed by atoms with E-state index in [1.54, 1.807) is 18.2 Å². The van der Waals surface area contributed by atoms with Crippen molar-refractivity contribution in [1.82, 2.24) is 4.98 Å². The van der Waals surface area contributed by atoms with Gasteiger partial charge in [-0.3, -0.25) is 10.1 Å². The highest BCUT2D eigenvalue weighted by atomic mass is 16.6. The molecule has 0 fully saturated rings. The van der Waals surface area contributed by atoms with Crippen LogP contribution in [-0.4, -0.2) is 9.91 Å². The highest BCUT2D eigenvalue weighted by Crippen LogP contribution is 2.23. The molecule has 0 atom stereocenters. The lowest BCUT2D eigenvalue weighted by Crippen LogP contribution is -1.96. The zero-order valence-electron chi connectivity index (χ0n) is 9.45. The summed E-state index contributed by atoms with van der Waals surface area (Å²) in [5.41, 5.74) is 6.37. The molecule has 2 rings (SSSR count). The summed E-state index contributed by atoms with van der Waals surface area (Å²) in [6.45, 7) is 0.402. The van der Waals surface area contributed by atoms with Crippen LogP contribution in [0.5, 0.6) is 11.6 Å². The maximum Gasteiger partial charge on any atom is 0.276 e. The van der Waals surface area contributed by atoms with Crippen LogP contribution in [0.25, 0.3) is 0 Å². The Morgan fingerprint density at radius 1 is 1.33 bits per heavy atom. The SMILES string of the molecule is NCc1cccc(Oc2cc([N+](=O)[O-])ccn2)c1. The zero-order chi connectivity index (χ0) is 13.0. The molecule has 0 aliphatic carbocycles. The molecule has 0 aliphatic heterocycles. The Bertz CT molecular complexity index is 572. The number of pyridine rings is 1. The lowest BCUT2D eigenvalue weighted by molar-refractivity contribution is -0.385. The molecule has 0 amide bonds. The number of benzene rings is 1. The van der Waals surface area contributed by atoms with E-state index in [9.17, 15) is 10.1 Å². The molecule has 18 heavy (non-hydrogen) atoms. The third-order valence-electron chi connectivity index (χ3n) is 2.29. The first kappa shape index (κ1) is 12.0. The van der Waals surface area contributed by atoms with Gasteiger partial charge in [0.1, 0.15) is 5.75 Å². The molecule has 2 N–H and O–H groups in total. The van der Waals surface area contributed by atoms with Gasteiger partial charge in [-0.1, -0.05) is 12.1 Å². The van der Waals surface area contributed by atoms with Crippen LogP contribution in [0.4, 0.5) is 5.69 Å². The van der Waals surface area contributed by atoms with E-state index in [-0.39, 0.29) is 11.6 Å². The van der Waals surface area contributed by atoms with Gasteiger partial charge in [-0.25, -0.2) is 4.98 Å². The number of nitrogens with two attached hydrogens (primary N) is 1. The fourth-order valence-electron chi connectivity index (χ4n) is 1.43. The summed E-state index contributed by atoms with van der Waals surface area (Å²) < 4.78 is 5.44. The fourth-order valence-corrected chi connectivity index (χ4v) is 1.43. The lowest BCUT2D eigenvalue weighted by Gasteiger charge is -2.05. The Balaban J connectivity index is 2.22. The van der Waals surface area contributed by atoms with E-state index in [1.807, 2.05) is 6.07 Å². The first-order valence-electron chi connectivity index (χ1n) is 5.26. The van der Waals surface area contributed by atoms with Gasteiger partial charge in [-0.05, 0) is 17.7 Å². The topological polar surface area (TPSA) is 91.3 Å². The molecule has 0 spiro atoms. The molecule has 0 bridgehead atoms. The summed E-state index contributed by atoms with van der Waals surface area (Å²) in [6.07, 6.45) is 1.33. The van der Waals surface area contributed by atoms with Crippen molar-refractivity contribution in [2.24, 2.45) is 5.73 Å². The first-order valence-corrected chi connectivity index (χ1v) is 5.26. The third kappa shape index (κ3) is 2.80. The molecule has 1 aromatic carbocycles. The van der Waals surface area contributed by atoms with Crippen molar-refractivity contribution in [3.8, 4) is 11.6 Å². The molecular formula is C12H11N3O3. The van der Waals surface area contributed by atoms with Gasteiger partial charge >= 0.3 is 0 Å². The molecule has 0 unspecified atom stereocenters. The highest BCUT2D eigenvalue weighted by molar-refractivity contribution is 5.36. The molecule has 92 valence electrons. The maximum absolute atomic E-state index is 10.6. The quantitative estimate of drug-likeness (QED) is 0.658. The Kier molecular flexibility index (Phi) is 3.49. The molecule has 0 aliphatic rings. The molecule has 2 aromatic rings. The molecule has 6 nitrogen and oxygen atoms in total. The average Bonchev–Trinajstić information content (AvgIpc) is 2.39. The van der Waals surface area contributed by atoms with Crippen molar-refractivity contribution in [3.05, 3.63) is 58.3 Å². The predicted molar refractivity (Wildman–Crippen MR) is 65.3 cm³/mol. The van der Waals surface area contributed by atoms with Gasteiger partial charge in [-0.15, -0.1) is 0 Å². The van der Waals surface area contributed by atoms with Crippen molar-refractivity contribution < 1.29 is 9.66 Å². The summed E-state index contributed by atoms with van der Waals surface area (Å²) in [6, 6.07) is 9.75. The second-order valence-corrected chi connectivity index (χ2v) is 3.56. The first-order chi connectivity index (χ1) is 8.69. The number of rotatable bonds is 4. The van der Waals surface area contributed by atoms with Crippen LogP contribution >= 0.6 is 0 Å². The average molecular weight is 245 g/mol. The summed E-state index contributed by atoms with van der Waals surface area (Å²) in [7, 11) is 0. The molecule has 1 heterocycles. The van der Waals surface area contributed by atoms with Crippen LogP contribution in [0.1, 0.15) is 5.56 Å². The number of aromatic nitrogens is 1. The van der Waals surface area contributed by atoms with E-state index in [4.69, 9.17) is 10.5 Å². The third-order valence-corrected chi connectivity index (χ3v) is 2.29. The van der Waals surface area contributed by atoms with Crippen LogP contribution in [0.3, 0.4) is 0 Å². The van der Waals surface area contributed by atoms with E-state index in [0.717, 1.165) is 5.56 Å². The summed E-state index contributed by atoms with van der Waals surface area (Å²) >= 11 is 0. The van der Waals surface area contributed by atoms with E-state index in [2.05, 4.69) is 4.98 Å². The van der Waals surface area contributed by atoms with Crippen molar-refractivity contribution in [3.63, 3.8) is 0 Å². The van der Waals surface area contributed by atoms with E-state index in [1.165, 1.54) is 18.3 Å². The highest BCUT2D eigenvalue weighted by Gasteiger charge is 2.08. The Morgan fingerprint density at radius 2 is 2.17 bits per heavy atom. The van der Waals surface area contributed by atoms with Crippen molar-refractivity contribution in [2.45, 2.75) is 6.54 Å². The van der Waals surface area contributed by atoms with Gasteiger partial charge in [0.25, 0.3) is 5.69 Å². The number of nitrogens with zero attached hydrogens (tertiary/aromatic N) is 2. The molecule has 0 saturated heterocycles. The monoisotopic (exact) mass is 245 g/mol. The smallest absolute Gasteiger partial charge is 0.276 e. The summed E-state index contributed by atoms with van der Waals surface area (Å²) in [5, 5.41) is 10.6. The largest absolute Gasteiger partial charge is 0.439 e. The molecular weight excluding hydrogens is 234 g/mol. The van der Waals surface area contributed by atoms with Gasteiger partial charge < -0.3 is 10.5 Å². The molecule has 0 radical (unpaired) electrons. The Hall–Kier alpha value is -2.47. The zero-order valence-corrected chi connectivity index (χ0v) is 9.45. The van der Waals surface area contributed by atoms with E-state index >= 15 is 0 Å². The lowest BCUT2D eigenvalue weighted by atomic mass is 10.2. The minimum absolute atomic E-state index is 0.0602. The van der Waals surface area contributed by atoms with Gasteiger partial charge in [0.05, 0.1) is 11.0 Å². The Labute approximate surface area is 103 Å². The number of nitro groups is 1. The standard InChI is InChI=1S/C12H11N3O3/c13-8-9-2-1-3-11(6-9)18-12-7-10(15(16)17)4-5-14-12/h1-7H,8,13H2. The van der Waals surface area contributed by atoms with Gasteiger partial charge in [0.15, 0.2) is 0 Å². The number of hydrogen-bond donors (Lipinski definition) is 1. The van der Waals surface area contributed by atoms with E-state index < -0.39 is 4.92 Å². The fraction of sp³-hybridized carbons (Fsp3) is 0.0833. The molecule has 1 aromatic heterocycles. The van der Waals surface area contributed by atoms with Crippen LogP contribution in [-0.2, 0) is 6.54 Å². The van der Waals surface area contributed by atoms with E-state index in [0.29, 0.717) is 12.3 Å². The number of ether oxygens (including phenoxy) is 1. The molecule has 6 heteroatoms. The van der Waals surface area contributed by atoms with Crippen molar-refractivity contribution in [1.29, 1.82) is 0 Å². The Morgan fingerprint density at radius 3 is 2.89 bits per heavy atom. The number of hydrogen-bond acceptors (Lipinski definition) is 5. The van der Waals surface area contributed by atoms with Gasteiger partial charge in [0, 0.05) is 18.8 Å². The second kappa shape index (κ2) is 5.24. The minimum atomic E-state index is -0.495. The minimum Gasteiger partial charge on any atom is -0.439 e. The van der Waals surface area contributed by atoms with Crippen LogP contribution in [0.15, 0.2) is 42.6 Å². The van der Waals surface area contributed by atoms with Gasteiger partial charge in [0.2, 0.25) is 5.88 Å². The van der Waals surface area contributed by atoms with Gasteiger partial charge in [-0.2, -0.15) is 0 Å². The van der Waals surface area contributed by atoms with Crippen LogP contribution in [0, 0.1) is 10.1 Å². The normalized spacial score (nSPS) is 10.1. The summed E-state index contributed by atoms with van der Waals surface area (Å²) in [4.78, 5) is 14.0. The predicted octanol–water partition coefficient (Wildman–Crippen LogP) is 2.24. The second-order valence-electron chi connectivity index (χ2n) is 3.56.